The molecule has 0 saturated heterocycles. The van der Waals surface area contributed by atoms with Crippen molar-refractivity contribution >= 4 is 46.8 Å². The third kappa shape index (κ3) is 5.43. The summed E-state index contributed by atoms with van der Waals surface area (Å²) in [6, 6.07) is 10.3. The van der Waals surface area contributed by atoms with Crippen molar-refractivity contribution in [1.82, 2.24) is 4.90 Å². The van der Waals surface area contributed by atoms with Crippen LogP contribution in [0.5, 0.6) is 11.5 Å². The van der Waals surface area contributed by atoms with Crippen LogP contribution in [-0.4, -0.2) is 43.0 Å². The number of hydrogen-bond donors (Lipinski definition) is 1. The van der Waals surface area contributed by atoms with Crippen molar-refractivity contribution < 1.29 is 19.1 Å². The monoisotopic (exact) mass is 434 g/mol. The summed E-state index contributed by atoms with van der Waals surface area (Å²) >= 11 is 12.2. The normalized spacial score (nSPS) is 12.7. The molecule has 0 atom stereocenters. The maximum atomic E-state index is 12.5. The van der Waals surface area contributed by atoms with Gasteiger partial charge in [-0.2, -0.15) is 0 Å². The Bertz CT molecular complexity index is 926. The molecule has 152 valence electrons. The van der Waals surface area contributed by atoms with Crippen LogP contribution in [0.2, 0.25) is 10.0 Å². The van der Waals surface area contributed by atoms with E-state index < -0.39 is 0 Å². The highest BCUT2D eigenvalue weighted by molar-refractivity contribution is 6.37. The smallest absolute Gasteiger partial charge is 0.247 e. The predicted molar refractivity (Wildman–Crippen MR) is 114 cm³/mol. The Kier molecular flexibility index (Phi) is 7.01. The Labute approximate surface area is 179 Å². The lowest BCUT2D eigenvalue weighted by atomic mass is 10.2. The summed E-state index contributed by atoms with van der Waals surface area (Å²) in [7, 11) is 0. The molecule has 8 heteroatoms. The van der Waals surface area contributed by atoms with Gasteiger partial charge in [-0.25, -0.2) is 0 Å². The maximum absolute atomic E-state index is 12.5. The molecular weight excluding hydrogens is 415 g/mol. The van der Waals surface area contributed by atoms with Crippen molar-refractivity contribution in [3.63, 3.8) is 0 Å². The summed E-state index contributed by atoms with van der Waals surface area (Å²) in [5, 5.41) is 3.66. The second kappa shape index (κ2) is 9.67. The molecule has 2 amide bonds. The molecule has 2 aromatic rings. The van der Waals surface area contributed by atoms with Gasteiger partial charge in [0.2, 0.25) is 11.8 Å². The Hall–Kier alpha value is -2.70. The van der Waals surface area contributed by atoms with Crippen molar-refractivity contribution in [3.05, 3.63) is 58.1 Å². The predicted octanol–water partition coefficient (Wildman–Crippen LogP) is 4.27. The topological polar surface area (TPSA) is 67.9 Å². The molecule has 0 radical (unpaired) electrons. The summed E-state index contributed by atoms with van der Waals surface area (Å²) in [4.78, 5) is 26.3. The Morgan fingerprint density at radius 2 is 1.79 bits per heavy atom. The highest BCUT2D eigenvalue weighted by atomic mass is 35.5. The molecule has 1 heterocycles. The lowest BCUT2D eigenvalue weighted by molar-refractivity contribution is -0.130. The van der Waals surface area contributed by atoms with Crippen LogP contribution in [0.15, 0.2) is 42.5 Å². The molecule has 1 aliphatic rings. The zero-order chi connectivity index (χ0) is 20.8. The molecule has 0 spiro atoms. The molecule has 2 aromatic carbocycles. The third-order valence-corrected chi connectivity index (χ3v) is 4.91. The van der Waals surface area contributed by atoms with Crippen LogP contribution in [0.3, 0.4) is 0 Å². The van der Waals surface area contributed by atoms with E-state index in [2.05, 4.69) is 5.32 Å². The van der Waals surface area contributed by atoms with Gasteiger partial charge in [0, 0.05) is 40.0 Å². The number of carbonyl (C=O) groups is 2. The number of anilines is 1. The molecule has 1 N–H and O–H groups in total. The van der Waals surface area contributed by atoms with Gasteiger partial charge in [-0.1, -0.05) is 29.3 Å². The average molecular weight is 435 g/mol. The van der Waals surface area contributed by atoms with E-state index in [1.165, 1.54) is 11.0 Å². The average Bonchev–Trinajstić information content (AvgIpc) is 2.71. The van der Waals surface area contributed by atoms with Gasteiger partial charge in [-0.05, 0) is 37.3 Å². The molecular formula is C21H20Cl2N2O4. The molecule has 0 aromatic heterocycles. The first kappa shape index (κ1) is 21.0. The van der Waals surface area contributed by atoms with E-state index in [0.29, 0.717) is 52.6 Å². The summed E-state index contributed by atoms with van der Waals surface area (Å²) in [5.74, 6) is 0.585. The Morgan fingerprint density at radius 1 is 1.10 bits per heavy atom. The first-order valence-electron chi connectivity index (χ1n) is 9.08. The Balaban J connectivity index is 1.62. The number of benzene rings is 2. The van der Waals surface area contributed by atoms with Gasteiger partial charge in [0.25, 0.3) is 0 Å². The number of ether oxygens (including phenoxy) is 2. The van der Waals surface area contributed by atoms with Crippen molar-refractivity contribution in [1.29, 1.82) is 0 Å². The minimum absolute atomic E-state index is 0.0929. The zero-order valence-corrected chi connectivity index (χ0v) is 17.3. The summed E-state index contributed by atoms with van der Waals surface area (Å²) in [6.45, 7) is 3.04. The molecule has 3 rings (SSSR count). The van der Waals surface area contributed by atoms with Crippen molar-refractivity contribution in [2.24, 2.45) is 0 Å². The van der Waals surface area contributed by atoms with E-state index in [0.717, 1.165) is 0 Å². The van der Waals surface area contributed by atoms with E-state index in [4.69, 9.17) is 32.7 Å². The molecule has 0 bridgehead atoms. The van der Waals surface area contributed by atoms with Gasteiger partial charge in [0.1, 0.15) is 19.8 Å². The zero-order valence-electron chi connectivity index (χ0n) is 15.8. The number of amides is 2. The first-order valence-corrected chi connectivity index (χ1v) is 9.84. The van der Waals surface area contributed by atoms with E-state index in [1.807, 2.05) is 0 Å². The highest BCUT2D eigenvalue weighted by Gasteiger charge is 2.16. The van der Waals surface area contributed by atoms with Gasteiger partial charge >= 0.3 is 0 Å². The lowest BCUT2D eigenvalue weighted by Crippen LogP contribution is -2.36. The van der Waals surface area contributed by atoms with E-state index >= 15 is 0 Å². The number of likely N-dealkylation sites (N-methyl/N-ethyl adjacent to an activating group) is 1. The SMILES string of the molecule is CCN(CC(=O)Nc1ccc2c(c1)OCCO2)C(=O)/C=C/c1c(Cl)cccc1Cl. The number of carbonyl (C=O) groups excluding carboxylic acids is 2. The summed E-state index contributed by atoms with van der Waals surface area (Å²) < 4.78 is 11.0. The van der Waals surface area contributed by atoms with Gasteiger partial charge in [-0.3, -0.25) is 9.59 Å². The molecule has 6 nitrogen and oxygen atoms in total. The summed E-state index contributed by atoms with van der Waals surface area (Å²) in [6.07, 6.45) is 2.91. The molecule has 0 fully saturated rings. The molecule has 1 aliphatic heterocycles. The Morgan fingerprint density at radius 3 is 2.48 bits per heavy atom. The number of hydrogen-bond acceptors (Lipinski definition) is 4. The van der Waals surface area contributed by atoms with Gasteiger partial charge in [0.15, 0.2) is 11.5 Å². The fourth-order valence-corrected chi connectivity index (χ4v) is 3.29. The van der Waals surface area contributed by atoms with Crippen molar-refractivity contribution in [3.8, 4) is 11.5 Å². The van der Waals surface area contributed by atoms with Crippen LogP contribution >= 0.6 is 23.2 Å². The minimum atomic E-state index is -0.319. The first-order chi connectivity index (χ1) is 14.0. The van der Waals surface area contributed by atoms with E-state index in [-0.39, 0.29) is 18.4 Å². The summed E-state index contributed by atoms with van der Waals surface area (Å²) in [5.41, 5.74) is 1.13. The lowest BCUT2D eigenvalue weighted by Gasteiger charge is -2.20. The molecule has 0 unspecified atom stereocenters. The fourth-order valence-electron chi connectivity index (χ4n) is 2.77. The third-order valence-electron chi connectivity index (χ3n) is 4.25. The largest absolute Gasteiger partial charge is 0.486 e. The fraction of sp³-hybridized carbons (Fsp3) is 0.238. The second-order valence-corrected chi connectivity index (χ2v) is 7.04. The van der Waals surface area contributed by atoms with Crippen molar-refractivity contribution in [2.45, 2.75) is 6.92 Å². The number of nitrogens with one attached hydrogen (secondary N) is 1. The number of nitrogens with zero attached hydrogens (tertiary/aromatic N) is 1. The maximum Gasteiger partial charge on any atom is 0.247 e. The number of halogens is 2. The van der Waals surface area contributed by atoms with E-state index in [9.17, 15) is 9.59 Å². The van der Waals surface area contributed by atoms with Gasteiger partial charge < -0.3 is 19.7 Å². The van der Waals surface area contributed by atoms with Crippen LogP contribution in [0, 0.1) is 0 Å². The van der Waals surface area contributed by atoms with E-state index in [1.54, 1.807) is 49.4 Å². The minimum Gasteiger partial charge on any atom is -0.486 e. The quantitative estimate of drug-likeness (QED) is 0.689. The van der Waals surface area contributed by atoms with Gasteiger partial charge in [-0.15, -0.1) is 0 Å². The second-order valence-electron chi connectivity index (χ2n) is 6.23. The van der Waals surface area contributed by atoms with Crippen LogP contribution in [0.25, 0.3) is 6.08 Å². The number of rotatable bonds is 6. The van der Waals surface area contributed by atoms with Crippen LogP contribution in [0.4, 0.5) is 5.69 Å². The van der Waals surface area contributed by atoms with Crippen LogP contribution < -0.4 is 14.8 Å². The van der Waals surface area contributed by atoms with Crippen molar-refractivity contribution in [2.75, 3.05) is 31.6 Å². The number of fused-ring (bicyclic) bond motifs is 1. The molecule has 0 saturated carbocycles. The van der Waals surface area contributed by atoms with Gasteiger partial charge in [0.05, 0.1) is 0 Å². The van der Waals surface area contributed by atoms with Crippen LogP contribution in [-0.2, 0) is 9.59 Å². The standard InChI is InChI=1S/C21H20Cl2N2O4/c1-2-25(21(27)9-7-15-16(22)4-3-5-17(15)23)13-20(26)24-14-6-8-18-19(12-14)29-11-10-28-18/h3-9,12H,2,10-11,13H2,1H3,(H,24,26)/b9-7+. The van der Waals surface area contributed by atoms with Crippen LogP contribution in [0.1, 0.15) is 12.5 Å². The highest BCUT2D eigenvalue weighted by Crippen LogP contribution is 2.32. The molecule has 0 aliphatic carbocycles. The molecule has 29 heavy (non-hydrogen) atoms.